The van der Waals surface area contributed by atoms with Crippen molar-refractivity contribution in [1.29, 1.82) is 0 Å². The molecule has 15 heavy (non-hydrogen) atoms. The molecule has 0 fully saturated rings. The van der Waals surface area contributed by atoms with Crippen LogP contribution in [0, 0.1) is 0 Å². The van der Waals surface area contributed by atoms with E-state index in [1.54, 1.807) is 19.1 Å². The fourth-order valence-corrected chi connectivity index (χ4v) is 1.08. The zero-order valence-electron chi connectivity index (χ0n) is 8.37. The highest BCUT2D eigenvalue weighted by Crippen LogP contribution is 2.08. The van der Waals surface area contributed by atoms with Gasteiger partial charge in [-0.15, -0.1) is 12.4 Å². The van der Waals surface area contributed by atoms with Gasteiger partial charge in [0.15, 0.2) is 0 Å². The van der Waals surface area contributed by atoms with Gasteiger partial charge < -0.3 is 11.1 Å². The summed E-state index contributed by atoms with van der Waals surface area (Å²) in [7, 11) is 0. The third-order valence-electron chi connectivity index (χ3n) is 1.79. The Morgan fingerprint density at radius 1 is 1.47 bits per heavy atom. The van der Waals surface area contributed by atoms with Gasteiger partial charge >= 0.3 is 0 Å². The Kier molecular flexibility index (Phi) is 6.32. The van der Waals surface area contributed by atoms with E-state index >= 15 is 0 Å². The Morgan fingerprint density at radius 3 is 2.47 bits per heavy atom. The maximum Gasteiger partial charge on any atom is 0.236 e. The van der Waals surface area contributed by atoms with Crippen LogP contribution in [-0.2, 0) is 11.3 Å². The van der Waals surface area contributed by atoms with Crippen molar-refractivity contribution in [3.63, 3.8) is 0 Å². The highest BCUT2D eigenvalue weighted by atomic mass is 35.5. The fraction of sp³-hybridized carbons (Fsp3) is 0.300. The number of carbonyl (C=O) groups excluding carboxylic acids is 1. The van der Waals surface area contributed by atoms with Gasteiger partial charge in [0.05, 0.1) is 6.04 Å². The predicted octanol–water partition coefficient (Wildman–Crippen LogP) is 1.73. The molecule has 0 aromatic heterocycles. The molecule has 1 atom stereocenters. The monoisotopic (exact) mass is 248 g/mol. The van der Waals surface area contributed by atoms with E-state index in [0.29, 0.717) is 11.6 Å². The molecule has 0 spiro atoms. The van der Waals surface area contributed by atoms with Gasteiger partial charge in [-0.2, -0.15) is 0 Å². The largest absolute Gasteiger partial charge is 0.351 e. The minimum absolute atomic E-state index is 0. The zero-order chi connectivity index (χ0) is 10.6. The molecule has 0 aliphatic heterocycles. The molecule has 3 nitrogen and oxygen atoms in total. The second-order valence-corrected chi connectivity index (χ2v) is 3.57. The minimum atomic E-state index is -0.470. The highest BCUT2D eigenvalue weighted by Gasteiger charge is 2.05. The lowest BCUT2D eigenvalue weighted by molar-refractivity contribution is -0.122. The number of benzene rings is 1. The molecule has 3 N–H and O–H groups in total. The first-order valence-electron chi connectivity index (χ1n) is 4.37. The van der Waals surface area contributed by atoms with Crippen LogP contribution in [0.3, 0.4) is 0 Å². The van der Waals surface area contributed by atoms with Crippen molar-refractivity contribution >= 4 is 29.9 Å². The van der Waals surface area contributed by atoms with Crippen molar-refractivity contribution in [3.05, 3.63) is 34.9 Å². The molecular formula is C10H14Cl2N2O. The molecule has 1 aromatic rings. The van der Waals surface area contributed by atoms with Crippen molar-refractivity contribution in [1.82, 2.24) is 5.32 Å². The maximum absolute atomic E-state index is 11.1. The number of hydrogen-bond donors (Lipinski definition) is 2. The second kappa shape index (κ2) is 6.67. The average Bonchev–Trinajstić information content (AvgIpc) is 2.16. The number of nitrogens with two attached hydrogens (primary N) is 1. The van der Waals surface area contributed by atoms with E-state index in [9.17, 15) is 4.79 Å². The smallest absolute Gasteiger partial charge is 0.236 e. The van der Waals surface area contributed by atoms with Crippen LogP contribution in [0.15, 0.2) is 24.3 Å². The maximum atomic E-state index is 11.1. The topological polar surface area (TPSA) is 55.1 Å². The first-order valence-corrected chi connectivity index (χ1v) is 4.75. The van der Waals surface area contributed by atoms with Gasteiger partial charge in [-0.05, 0) is 24.6 Å². The molecule has 84 valence electrons. The minimum Gasteiger partial charge on any atom is -0.351 e. The Hall–Kier alpha value is -0.770. The summed E-state index contributed by atoms with van der Waals surface area (Å²) in [6.07, 6.45) is 0. The normalized spacial score (nSPS) is 11.4. The molecule has 0 saturated heterocycles. The van der Waals surface area contributed by atoms with Gasteiger partial charge in [0.25, 0.3) is 0 Å². The SMILES string of the molecule is C[C@H](N)C(=O)NCc1ccc(Cl)cc1.Cl. The van der Waals surface area contributed by atoms with E-state index in [1.807, 2.05) is 12.1 Å². The molecule has 1 rings (SSSR count). The standard InChI is InChI=1S/C10H13ClN2O.ClH/c1-7(12)10(14)13-6-8-2-4-9(11)5-3-8;/h2-5,7H,6,12H2,1H3,(H,13,14);1H/t7-;/m0./s1. The third kappa shape index (κ3) is 5.02. The van der Waals surface area contributed by atoms with E-state index in [4.69, 9.17) is 17.3 Å². The molecule has 0 heterocycles. The van der Waals surface area contributed by atoms with Gasteiger partial charge in [-0.1, -0.05) is 23.7 Å². The van der Waals surface area contributed by atoms with E-state index in [-0.39, 0.29) is 18.3 Å². The van der Waals surface area contributed by atoms with Crippen molar-refractivity contribution < 1.29 is 4.79 Å². The summed E-state index contributed by atoms with van der Waals surface area (Å²) in [5.74, 6) is -0.153. The average molecular weight is 249 g/mol. The second-order valence-electron chi connectivity index (χ2n) is 3.13. The molecule has 0 saturated carbocycles. The van der Waals surface area contributed by atoms with Crippen LogP contribution in [0.2, 0.25) is 5.02 Å². The van der Waals surface area contributed by atoms with Crippen molar-refractivity contribution in [2.24, 2.45) is 5.73 Å². The molecular weight excluding hydrogens is 235 g/mol. The Morgan fingerprint density at radius 2 is 2.00 bits per heavy atom. The predicted molar refractivity (Wildman–Crippen MR) is 64.2 cm³/mol. The van der Waals surface area contributed by atoms with Gasteiger partial charge in [0, 0.05) is 11.6 Å². The van der Waals surface area contributed by atoms with Gasteiger partial charge in [0.1, 0.15) is 0 Å². The van der Waals surface area contributed by atoms with Gasteiger partial charge in [0.2, 0.25) is 5.91 Å². The first kappa shape index (κ1) is 14.2. The zero-order valence-corrected chi connectivity index (χ0v) is 9.94. The fourth-order valence-electron chi connectivity index (χ4n) is 0.952. The number of amides is 1. The van der Waals surface area contributed by atoms with Crippen LogP contribution < -0.4 is 11.1 Å². The van der Waals surface area contributed by atoms with Crippen LogP contribution in [0.5, 0.6) is 0 Å². The molecule has 1 amide bonds. The lowest BCUT2D eigenvalue weighted by Crippen LogP contribution is -2.37. The highest BCUT2D eigenvalue weighted by molar-refractivity contribution is 6.30. The van der Waals surface area contributed by atoms with Crippen LogP contribution in [-0.4, -0.2) is 11.9 Å². The Bertz CT molecular complexity index is 312. The summed E-state index contributed by atoms with van der Waals surface area (Å²) in [5, 5.41) is 3.40. The Labute approximate surface area is 100 Å². The van der Waals surface area contributed by atoms with E-state index in [0.717, 1.165) is 5.56 Å². The van der Waals surface area contributed by atoms with Crippen LogP contribution in [0.25, 0.3) is 0 Å². The number of carbonyl (C=O) groups is 1. The molecule has 0 bridgehead atoms. The van der Waals surface area contributed by atoms with Crippen molar-refractivity contribution in [2.45, 2.75) is 19.5 Å². The summed E-state index contributed by atoms with van der Waals surface area (Å²) >= 11 is 5.72. The van der Waals surface area contributed by atoms with Crippen LogP contribution >= 0.6 is 24.0 Å². The van der Waals surface area contributed by atoms with Crippen molar-refractivity contribution in [2.75, 3.05) is 0 Å². The van der Waals surface area contributed by atoms with Crippen molar-refractivity contribution in [3.8, 4) is 0 Å². The number of rotatable bonds is 3. The van der Waals surface area contributed by atoms with Crippen LogP contribution in [0.4, 0.5) is 0 Å². The number of hydrogen-bond acceptors (Lipinski definition) is 2. The Balaban J connectivity index is 0.00000196. The van der Waals surface area contributed by atoms with E-state index in [2.05, 4.69) is 5.32 Å². The summed E-state index contributed by atoms with van der Waals surface area (Å²) in [4.78, 5) is 11.1. The molecule has 0 aliphatic carbocycles. The van der Waals surface area contributed by atoms with E-state index in [1.165, 1.54) is 0 Å². The lowest BCUT2D eigenvalue weighted by Gasteiger charge is -2.07. The molecule has 5 heteroatoms. The molecule has 0 radical (unpaired) electrons. The molecule has 0 aliphatic rings. The van der Waals surface area contributed by atoms with Crippen LogP contribution in [0.1, 0.15) is 12.5 Å². The van der Waals surface area contributed by atoms with Gasteiger partial charge in [-0.25, -0.2) is 0 Å². The summed E-state index contributed by atoms with van der Waals surface area (Å²) < 4.78 is 0. The quantitative estimate of drug-likeness (QED) is 0.857. The summed E-state index contributed by atoms with van der Waals surface area (Å²) in [5.41, 5.74) is 6.39. The first-order chi connectivity index (χ1) is 6.59. The molecule has 1 aromatic carbocycles. The van der Waals surface area contributed by atoms with Gasteiger partial charge in [-0.3, -0.25) is 4.79 Å². The molecule has 0 unspecified atom stereocenters. The van der Waals surface area contributed by atoms with E-state index < -0.39 is 6.04 Å². The lowest BCUT2D eigenvalue weighted by atomic mass is 10.2. The number of halogens is 2. The number of nitrogens with one attached hydrogen (secondary N) is 1. The summed E-state index contributed by atoms with van der Waals surface area (Å²) in [6.45, 7) is 2.13. The third-order valence-corrected chi connectivity index (χ3v) is 2.05. The summed E-state index contributed by atoms with van der Waals surface area (Å²) in [6, 6.07) is 6.83.